The van der Waals surface area contributed by atoms with E-state index in [-0.39, 0.29) is 11.8 Å². The lowest BCUT2D eigenvalue weighted by Crippen LogP contribution is -2.39. The topological polar surface area (TPSA) is 71.4 Å². The van der Waals surface area contributed by atoms with Gasteiger partial charge in [-0.25, -0.2) is 4.98 Å². The van der Waals surface area contributed by atoms with Crippen LogP contribution in [0.1, 0.15) is 46.5 Å². The van der Waals surface area contributed by atoms with Crippen LogP contribution in [-0.2, 0) is 6.42 Å². The third kappa shape index (κ3) is 3.98. The summed E-state index contributed by atoms with van der Waals surface area (Å²) in [4.78, 5) is 22.8. The van der Waals surface area contributed by atoms with Gasteiger partial charge in [-0.15, -0.1) is 0 Å². The Hall–Kier alpha value is -3.25. The molecule has 164 valence electrons. The number of aromatic nitrogens is 2. The zero-order valence-electron chi connectivity index (χ0n) is 17.8. The first-order valence-electron chi connectivity index (χ1n) is 10.8. The van der Waals surface area contributed by atoms with Gasteiger partial charge in [0.2, 0.25) is 0 Å². The van der Waals surface area contributed by atoms with E-state index in [2.05, 4.69) is 9.97 Å². The summed E-state index contributed by atoms with van der Waals surface area (Å²) in [6.45, 7) is 1.30. The Morgan fingerprint density at radius 1 is 1.28 bits per heavy atom. The first-order chi connectivity index (χ1) is 15.6. The van der Waals surface area contributed by atoms with Crippen molar-refractivity contribution in [1.29, 1.82) is 0 Å². The summed E-state index contributed by atoms with van der Waals surface area (Å²) in [5, 5.41) is 1.62. The number of aromatic amines is 1. The van der Waals surface area contributed by atoms with E-state index >= 15 is 0 Å². The number of carbonyl (C=O) groups excluding carboxylic acids is 1. The smallest absolute Gasteiger partial charge is 0.270 e. The van der Waals surface area contributed by atoms with Crippen LogP contribution >= 0.6 is 11.6 Å². The standard InChI is InChI=1S/C25H24ClN3O3/c1-31-23-10-4-9-21-19(23)13-22(28-21)25(30)29-11-5-7-17(15-29)24-27-14-18(32-24)12-16-6-2-3-8-20(16)26/h2-4,6,8-10,13-14,17,28H,5,7,11-12,15H2,1H3. The first kappa shape index (κ1) is 20.6. The van der Waals surface area contributed by atoms with E-state index in [9.17, 15) is 4.79 Å². The average Bonchev–Trinajstić information content (AvgIpc) is 3.47. The van der Waals surface area contributed by atoms with Crippen LogP contribution in [0.2, 0.25) is 5.02 Å². The summed E-state index contributed by atoms with van der Waals surface area (Å²) in [5.74, 6) is 2.27. The number of oxazole rings is 1. The highest BCUT2D eigenvalue weighted by Crippen LogP contribution is 2.30. The van der Waals surface area contributed by atoms with Crippen LogP contribution in [0.3, 0.4) is 0 Å². The van der Waals surface area contributed by atoms with Crippen LogP contribution in [0.25, 0.3) is 10.9 Å². The van der Waals surface area contributed by atoms with Crippen molar-refractivity contribution >= 4 is 28.4 Å². The predicted octanol–water partition coefficient (Wildman–Crippen LogP) is 5.43. The van der Waals surface area contributed by atoms with Gasteiger partial charge in [0.25, 0.3) is 5.91 Å². The SMILES string of the molecule is COc1cccc2[nH]c(C(=O)N3CCCC(c4ncc(Cc5ccccc5Cl)o4)C3)cc12. The second-order valence-electron chi connectivity index (χ2n) is 8.13. The zero-order chi connectivity index (χ0) is 22.1. The number of nitrogens with zero attached hydrogens (tertiary/aromatic N) is 2. The molecule has 0 radical (unpaired) electrons. The summed E-state index contributed by atoms with van der Waals surface area (Å²) in [7, 11) is 1.63. The molecule has 1 amide bonds. The molecule has 6 nitrogen and oxygen atoms in total. The van der Waals surface area contributed by atoms with Crippen molar-refractivity contribution < 1.29 is 13.9 Å². The monoisotopic (exact) mass is 449 g/mol. The second kappa shape index (κ2) is 8.71. The number of benzene rings is 2. The van der Waals surface area contributed by atoms with Gasteiger partial charge < -0.3 is 19.0 Å². The molecular weight excluding hydrogens is 426 g/mol. The maximum absolute atomic E-state index is 13.2. The normalized spacial score (nSPS) is 16.4. The number of carbonyl (C=O) groups is 1. The van der Waals surface area contributed by atoms with Gasteiger partial charge in [-0.1, -0.05) is 35.9 Å². The molecule has 1 N–H and O–H groups in total. The summed E-state index contributed by atoms with van der Waals surface area (Å²) < 4.78 is 11.5. The first-order valence-corrected chi connectivity index (χ1v) is 11.1. The minimum Gasteiger partial charge on any atom is -0.496 e. The molecule has 1 saturated heterocycles. The van der Waals surface area contributed by atoms with Crippen molar-refractivity contribution in [2.75, 3.05) is 20.2 Å². The summed E-state index contributed by atoms with van der Waals surface area (Å²) in [6, 6.07) is 15.3. The molecule has 2 aromatic carbocycles. The Labute approximate surface area is 191 Å². The molecule has 1 unspecified atom stereocenters. The summed E-state index contributed by atoms with van der Waals surface area (Å²) in [6.07, 6.45) is 4.21. The minimum absolute atomic E-state index is 0.0178. The van der Waals surface area contributed by atoms with E-state index in [1.54, 1.807) is 13.3 Å². The van der Waals surface area contributed by atoms with Gasteiger partial charge in [0.15, 0.2) is 5.89 Å². The molecule has 1 fully saturated rings. The molecule has 3 heterocycles. The Balaban J connectivity index is 1.31. The molecule has 0 bridgehead atoms. The van der Waals surface area contributed by atoms with Gasteiger partial charge in [0, 0.05) is 35.4 Å². The number of amides is 1. The lowest BCUT2D eigenvalue weighted by Gasteiger charge is -2.31. The maximum Gasteiger partial charge on any atom is 0.270 e. The van der Waals surface area contributed by atoms with Crippen LogP contribution in [0.5, 0.6) is 5.75 Å². The van der Waals surface area contributed by atoms with Crippen LogP contribution < -0.4 is 4.74 Å². The number of nitrogens with one attached hydrogen (secondary N) is 1. The molecule has 0 saturated carbocycles. The summed E-state index contributed by atoms with van der Waals surface area (Å²) >= 11 is 6.27. The van der Waals surface area contributed by atoms with Crippen molar-refractivity contribution in [3.05, 3.63) is 82.7 Å². The number of piperidine rings is 1. The molecule has 32 heavy (non-hydrogen) atoms. The van der Waals surface area contributed by atoms with E-state index in [1.165, 1.54) is 0 Å². The van der Waals surface area contributed by atoms with Crippen molar-refractivity contribution in [2.45, 2.75) is 25.2 Å². The van der Waals surface area contributed by atoms with E-state index in [0.29, 0.717) is 24.6 Å². The number of rotatable bonds is 5. The Morgan fingerprint density at radius 2 is 2.16 bits per heavy atom. The third-order valence-corrected chi connectivity index (χ3v) is 6.39. The molecule has 1 aliphatic heterocycles. The van der Waals surface area contributed by atoms with Crippen LogP contribution in [0.15, 0.2) is 59.1 Å². The van der Waals surface area contributed by atoms with E-state index in [0.717, 1.165) is 52.4 Å². The highest BCUT2D eigenvalue weighted by molar-refractivity contribution is 6.31. The Kier molecular flexibility index (Phi) is 5.62. The molecule has 7 heteroatoms. The molecule has 0 aliphatic carbocycles. The van der Waals surface area contributed by atoms with Gasteiger partial charge in [-0.05, 0) is 42.7 Å². The average molecular weight is 450 g/mol. The number of hydrogen-bond acceptors (Lipinski definition) is 4. The fraction of sp³-hybridized carbons (Fsp3) is 0.280. The predicted molar refractivity (Wildman–Crippen MR) is 123 cm³/mol. The molecule has 2 aromatic heterocycles. The van der Waals surface area contributed by atoms with Crippen molar-refractivity contribution in [3.8, 4) is 5.75 Å². The van der Waals surface area contributed by atoms with Crippen LogP contribution in [-0.4, -0.2) is 41.0 Å². The number of hydrogen-bond donors (Lipinski definition) is 1. The van der Waals surface area contributed by atoms with E-state index in [4.69, 9.17) is 20.8 Å². The Morgan fingerprint density at radius 3 is 3.00 bits per heavy atom. The van der Waals surface area contributed by atoms with E-state index in [1.807, 2.05) is 53.4 Å². The van der Waals surface area contributed by atoms with Gasteiger partial charge in [-0.3, -0.25) is 4.79 Å². The minimum atomic E-state index is -0.0178. The molecule has 1 atom stereocenters. The molecule has 1 aliphatic rings. The lowest BCUT2D eigenvalue weighted by molar-refractivity contribution is 0.0693. The van der Waals surface area contributed by atoms with Crippen molar-refractivity contribution in [1.82, 2.24) is 14.9 Å². The number of likely N-dealkylation sites (tertiary alicyclic amines) is 1. The summed E-state index contributed by atoms with van der Waals surface area (Å²) in [5.41, 5.74) is 2.46. The van der Waals surface area contributed by atoms with Crippen LogP contribution in [0.4, 0.5) is 0 Å². The number of H-pyrrole nitrogens is 1. The fourth-order valence-electron chi connectivity index (χ4n) is 4.38. The second-order valence-corrected chi connectivity index (χ2v) is 8.54. The van der Waals surface area contributed by atoms with Crippen LogP contribution in [0, 0.1) is 0 Å². The largest absolute Gasteiger partial charge is 0.496 e. The van der Waals surface area contributed by atoms with E-state index < -0.39 is 0 Å². The quantitative estimate of drug-likeness (QED) is 0.441. The number of methoxy groups -OCH3 is 1. The number of fused-ring (bicyclic) bond motifs is 1. The highest BCUT2D eigenvalue weighted by Gasteiger charge is 2.29. The Bertz CT molecular complexity index is 1260. The maximum atomic E-state index is 13.2. The van der Waals surface area contributed by atoms with Gasteiger partial charge in [0.1, 0.15) is 17.2 Å². The number of ether oxygens (including phenoxy) is 1. The van der Waals surface area contributed by atoms with Crippen molar-refractivity contribution in [3.63, 3.8) is 0 Å². The zero-order valence-corrected chi connectivity index (χ0v) is 18.6. The molecule has 0 spiro atoms. The number of halogens is 1. The van der Waals surface area contributed by atoms with Gasteiger partial charge in [0.05, 0.1) is 19.2 Å². The third-order valence-electron chi connectivity index (χ3n) is 6.03. The highest BCUT2D eigenvalue weighted by atomic mass is 35.5. The molecule has 5 rings (SSSR count). The molecular formula is C25H24ClN3O3. The van der Waals surface area contributed by atoms with Crippen molar-refractivity contribution in [2.24, 2.45) is 0 Å². The lowest BCUT2D eigenvalue weighted by atomic mass is 9.97. The molecule has 4 aromatic rings. The van der Waals surface area contributed by atoms with Gasteiger partial charge >= 0.3 is 0 Å². The fourth-order valence-corrected chi connectivity index (χ4v) is 4.58. The van der Waals surface area contributed by atoms with Gasteiger partial charge in [-0.2, -0.15) is 0 Å².